The predicted octanol–water partition coefficient (Wildman–Crippen LogP) is 0.799. The van der Waals surface area contributed by atoms with E-state index in [1.807, 2.05) is 19.0 Å². The molecule has 136 valence electrons. The third-order valence-electron chi connectivity index (χ3n) is 4.70. The summed E-state index contributed by atoms with van der Waals surface area (Å²) in [5.74, 6) is 0.0822. The molecule has 2 atom stereocenters. The summed E-state index contributed by atoms with van der Waals surface area (Å²) in [5, 5.41) is 5.73. The molecule has 1 saturated heterocycles. The van der Waals surface area contributed by atoms with E-state index in [-0.39, 0.29) is 30.3 Å². The van der Waals surface area contributed by atoms with E-state index in [1.165, 1.54) is 0 Å². The lowest BCUT2D eigenvalue weighted by Gasteiger charge is -2.25. The van der Waals surface area contributed by atoms with Gasteiger partial charge in [-0.25, -0.2) is 4.79 Å². The van der Waals surface area contributed by atoms with E-state index in [0.717, 1.165) is 30.7 Å². The average Bonchev–Trinajstić information content (AvgIpc) is 3.23. The molecule has 1 aliphatic heterocycles. The molecule has 0 spiro atoms. The minimum atomic E-state index is -0.835. The van der Waals surface area contributed by atoms with Crippen molar-refractivity contribution < 1.29 is 14.4 Å². The van der Waals surface area contributed by atoms with Crippen LogP contribution in [0.15, 0.2) is 0 Å². The highest BCUT2D eigenvalue weighted by molar-refractivity contribution is 6.09. The standard InChI is InChI=1S/C17H30N4O3/c1-11(2)8-13(9-20(4)5)18-14(22)10-21-15(23)17(3,12-6-7-12)19-16(21)24/h11-13H,6-10H2,1-5H3,(H,18,22)(H,19,24). The number of hydrogen-bond donors (Lipinski definition) is 2. The van der Waals surface area contributed by atoms with E-state index in [9.17, 15) is 14.4 Å². The molecule has 0 aromatic heterocycles. The first-order valence-electron chi connectivity index (χ1n) is 8.71. The van der Waals surface area contributed by atoms with Crippen LogP contribution in [0.2, 0.25) is 0 Å². The number of carbonyl (C=O) groups is 3. The number of rotatable bonds is 8. The van der Waals surface area contributed by atoms with Gasteiger partial charge in [0.25, 0.3) is 5.91 Å². The molecule has 0 aromatic rings. The van der Waals surface area contributed by atoms with Crippen LogP contribution >= 0.6 is 0 Å². The van der Waals surface area contributed by atoms with Crippen molar-refractivity contribution in [3.05, 3.63) is 0 Å². The zero-order chi connectivity index (χ0) is 18.1. The van der Waals surface area contributed by atoms with Crippen LogP contribution in [-0.2, 0) is 9.59 Å². The normalized spacial score (nSPS) is 25.4. The van der Waals surface area contributed by atoms with Crippen LogP contribution in [0.3, 0.4) is 0 Å². The van der Waals surface area contributed by atoms with Gasteiger partial charge in [0, 0.05) is 12.6 Å². The third kappa shape index (κ3) is 4.26. The quantitative estimate of drug-likeness (QED) is 0.642. The van der Waals surface area contributed by atoms with Crippen LogP contribution in [0.4, 0.5) is 4.79 Å². The molecule has 1 saturated carbocycles. The summed E-state index contributed by atoms with van der Waals surface area (Å²) in [6, 6.07) is -0.458. The number of imide groups is 1. The molecule has 2 aliphatic rings. The lowest BCUT2D eigenvalue weighted by atomic mass is 9.96. The third-order valence-corrected chi connectivity index (χ3v) is 4.70. The van der Waals surface area contributed by atoms with E-state index in [1.54, 1.807) is 6.92 Å². The second-order valence-corrected chi connectivity index (χ2v) is 7.95. The Labute approximate surface area is 144 Å². The summed E-state index contributed by atoms with van der Waals surface area (Å²) in [5.41, 5.74) is -0.835. The van der Waals surface area contributed by atoms with Crippen molar-refractivity contribution in [2.45, 2.75) is 51.6 Å². The van der Waals surface area contributed by atoms with E-state index in [0.29, 0.717) is 5.92 Å². The maximum absolute atomic E-state index is 12.6. The highest BCUT2D eigenvalue weighted by atomic mass is 16.2. The summed E-state index contributed by atoms with van der Waals surface area (Å²) < 4.78 is 0. The molecule has 0 bridgehead atoms. The van der Waals surface area contributed by atoms with Crippen LogP contribution in [0.1, 0.15) is 40.0 Å². The Morgan fingerprint density at radius 2 is 2.00 bits per heavy atom. The van der Waals surface area contributed by atoms with Crippen molar-refractivity contribution in [2.75, 3.05) is 27.2 Å². The van der Waals surface area contributed by atoms with Gasteiger partial charge in [0.15, 0.2) is 0 Å². The van der Waals surface area contributed by atoms with Crippen LogP contribution < -0.4 is 10.6 Å². The van der Waals surface area contributed by atoms with Gasteiger partial charge >= 0.3 is 6.03 Å². The average molecular weight is 338 g/mol. The van der Waals surface area contributed by atoms with Gasteiger partial charge in [-0.1, -0.05) is 13.8 Å². The van der Waals surface area contributed by atoms with Gasteiger partial charge in [0.05, 0.1) is 0 Å². The largest absolute Gasteiger partial charge is 0.351 e. The van der Waals surface area contributed by atoms with Gasteiger partial charge < -0.3 is 15.5 Å². The molecular weight excluding hydrogens is 308 g/mol. The van der Waals surface area contributed by atoms with Crippen molar-refractivity contribution in [2.24, 2.45) is 11.8 Å². The number of likely N-dealkylation sites (N-methyl/N-ethyl adjacent to an activating group) is 1. The van der Waals surface area contributed by atoms with Crippen molar-refractivity contribution in [1.29, 1.82) is 0 Å². The first-order chi connectivity index (χ1) is 11.1. The first kappa shape index (κ1) is 18.7. The Morgan fingerprint density at radius 1 is 1.38 bits per heavy atom. The summed E-state index contributed by atoms with van der Waals surface area (Å²) >= 11 is 0. The molecule has 2 rings (SSSR count). The number of urea groups is 1. The van der Waals surface area contributed by atoms with Crippen molar-refractivity contribution in [3.63, 3.8) is 0 Å². The molecule has 7 nitrogen and oxygen atoms in total. The van der Waals surface area contributed by atoms with E-state index >= 15 is 0 Å². The van der Waals surface area contributed by atoms with Gasteiger partial charge in [-0.05, 0) is 52.1 Å². The zero-order valence-corrected chi connectivity index (χ0v) is 15.4. The van der Waals surface area contributed by atoms with E-state index in [4.69, 9.17) is 0 Å². The lowest BCUT2D eigenvalue weighted by molar-refractivity contribution is -0.135. The Kier molecular flexibility index (Phi) is 5.52. The fourth-order valence-corrected chi connectivity index (χ4v) is 3.40. The van der Waals surface area contributed by atoms with Crippen LogP contribution in [0, 0.1) is 11.8 Å². The molecule has 24 heavy (non-hydrogen) atoms. The topological polar surface area (TPSA) is 81.8 Å². The number of nitrogens with zero attached hydrogens (tertiary/aromatic N) is 2. The van der Waals surface area contributed by atoms with Crippen molar-refractivity contribution in [1.82, 2.24) is 20.4 Å². The second kappa shape index (κ2) is 7.09. The second-order valence-electron chi connectivity index (χ2n) is 7.95. The Balaban J connectivity index is 1.95. The van der Waals surface area contributed by atoms with Crippen molar-refractivity contribution in [3.8, 4) is 0 Å². The number of hydrogen-bond acceptors (Lipinski definition) is 4. The van der Waals surface area contributed by atoms with Gasteiger partial charge in [-0.3, -0.25) is 14.5 Å². The number of amides is 4. The molecule has 0 radical (unpaired) electrons. The van der Waals surface area contributed by atoms with Crippen LogP contribution in [-0.4, -0.2) is 66.4 Å². The highest BCUT2D eigenvalue weighted by Gasteiger charge is 2.56. The number of nitrogens with one attached hydrogen (secondary N) is 2. The first-order valence-corrected chi connectivity index (χ1v) is 8.71. The Morgan fingerprint density at radius 3 is 2.50 bits per heavy atom. The fraction of sp³-hybridized carbons (Fsp3) is 0.824. The Hall–Kier alpha value is -1.63. The maximum atomic E-state index is 12.6. The molecule has 7 heteroatoms. The van der Waals surface area contributed by atoms with Gasteiger partial charge in [-0.2, -0.15) is 0 Å². The maximum Gasteiger partial charge on any atom is 0.325 e. The Bertz CT molecular complexity index is 506. The number of carbonyl (C=O) groups excluding carboxylic acids is 3. The molecule has 2 fully saturated rings. The van der Waals surface area contributed by atoms with Crippen molar-refractivity contribution >= 4 is 17.8 Å². The monoisotopic (exact) mass is 338 g/mol. The lowest BCUT2D eigenvalue weighted by Crippen LogP contribution is -2.49. The van der Waals surface area contributed by atoms with E-state index < -0.39 is 11.6 Å². The van der Waals surface area contributed by atoms with Crippen LogP contribution in [0.5, 0.6) is 0 Å². The van der Waals surface area contributed by atoms with Gasteiger partial charge in [0.1, 0.15) is 12.1 Å². The van der Waals surface area contributed by atoms with Gasteiger partial charge in [-0.15, -0.1) is 0 Å². The summed E-state index contributed by atoms with van der Waals surface area (Å²) in [4.78, 5) is 40.1. The summed E-state index contributed by atoms with van der Waals surface area (Å²) in [6.07, 6.45) is 2.74. The van der Waals surface area contributed by atoms with Crippen LogP contribution in [0.25, 0.3) is 0 Å². The minimum Gasteiger partial charge on any atom is -0.351 e. The smallest absolute Gasteiger partial charge is 0.325 e. The summed E-state index contributed by atoms with van der Waals surface area (Å²) in [6.45, 7) is 6.48. The molecule has 4 amide bonds. The SMILES string of the molecule is CC(C)CC(CN(C)C)NC(=O)CN1C(=O)NC(C)(C2CC2)C1=O. The molecule has 2 unspecified atom stereocenters. The highest BCUT2D eigenvalue weighted by Crippen LogP contribution is 2.42. The van der Waals surface area contributed by atoms with Gasteiger partial charge in [0.2, 0.25) is 5.91 Å². The molecule has 0 aromatic carbocycles. The minimum absolute atomic E-state index is 0.00285. The molecule has 1 heterocycles. The zero-order valence-electron chi connectivity index (χ0n) is 15.4. The fourth-order valence-electron chi connectivity index (χ4n) is 3.40. The summed E-state index contributed by atoms with van der Waals surface area (Å²) in [7, 11) is 3.91. The van der Waals surface area contributed by atoms with E-state index in [2.05, 4.69) is 24.5 Å². The molecule has 2 N–H and O–H groups in total. The molecular formula is C17H30N4O3. The molecule has 1 aliphatic carbocycles. The predicted molar refractivity (Wildman–Crippen MR) is 91.3 cm³/mol.